The van der Waals surface area contributed by atoms with Gasteiger partial charge >= 0.3 is 0 Å². The van der Waals surface area contributed by atoms with Gasteiger partial charge < -0.3 is 14.6 Å². The van der Waals surface area contributed by atoms with E-state index < -0.39 is 0 Å². The highest BCUT2D eigenvalue weighted by Gasteiger charge is 2.21. The van der Waals surface area contributed by atoms with Gasteiger partial charge in [-0.05, 0) is 26.2 Å². The molecular formula is C11H19N3O2. The first kappa shape index (κ1) is 11.5. The van der Waals surface area contributed by atoms with E-state index in [1.165, 1.54) is 0 Å². The van der Waals surface area contributed by atoms with Crippen molar-refractivity contribution in [2.45, 2.75) is 51.8 Å². The van der Waals surface area contributed by atoms with Gasteiger partial charge in [-0.15, -0.1) is 0 Å². The lowest BCUT2D eigenvalue weighted by molar-refractivity contribution is -0.000716. The van der Waals surface area contributed by atoms with Crippen molar-refractivity contribution in [3.05, 3.63) is 11.7 Å². The van der Waals surface area contributed by atoms with Crippen LogP contribution in [0.1, 0.15) is 37.9 Å². The van der Waals surface area contributed by atoms with Gasteiger partial charge in [-0.3, -0.25) is 0 Å². The van der Waals surface area contributed by atoms with Gasteiger partial charge in [-0.1, -0.05) is 12.1 Å². The van der Waals surface area contributed by atoms with Crippen molar-refractivity contribution in [2.24, 2.45) is 0 Å². The van der Waals surface area contributed by atoms with Gasteiger partial charge in [0.2, 0.25) is 5.89 Å². The topological polar surface area (TPSA) is 60.2 Å². The van der Waals surface area contributed by atoms with E-state index in [1.54, 1.807) is 0 Å². The molecule has 1 aromatic heterocycles. The Morgan fingerprint density at radius 2 is 2.38 bits per heavy atom. The number of nitrogens with one attached hydrogen (secondary N) is 1. The van der Waals surface area contributed by atoms with E-state index in [0.29, 0.717) is 30.4 Å². The van der Waals surface area contributed by atoms with Crippen LogP contribution in [0.5, 0.6) is 0 Å². The monoisotopic (exact) mass is 225 g/mol. The molecular weight excluding hydrogens is 206 g/mol. The van der Waals surface area contributed by atoms with E-state index in [1.807, 2.05) is 6.92 Å². The fourth-order valence-corrected chi connectivity index (χ4v) is 1.99. The first-order chi connectivity index (χ1) is 7.78. The predicted octanol–water partition coefficient (Wildman–Crippen LogP) is 1.43. The van der Waals surface area contributed by atoms with E-state index in [0.717, 1.165) is 25.9 Å². The molecule has 5 heteroatoms. The Balaban J connectivity index is 1.77. The second kappa shape index (κ2) is 5.41. The Bertz CT molecular complexity index is 327. The normalized spacial score (nSPS) is 25.9. The second-order valence-corrected chi connectivity index (χ2v) is 4.24. The Hall–Kier alpha value is -0.940. The van der Waals surface area contributed by atoms with Gasteiger partial charge in [0.1, 0.15) is 0 Å². The van der Waals surface area contributed by atoms with Crippen molar-refractivity contribution in [1.29, 1.82) is 0 Å². The quantitative estimate of drug-likeness (QED) is 0.839. The molecule has 90 valence electrons. The summed E-state index contributed by atoms with van der Waals surface area (Å²) in [6, 6.07) is 0.505. The van der Waals surface area contributed by atoms with Crippen LogP contribution in [0.2, 0.25) is 0 Å². The lowest BCUT2D eigenvalue weighted by Crippen LogP contribution is -2.38. The molecule has 5 nitrogen and oxygen atoms in total. The molecule has 0 saturated carbocycles. The molecule has 0 aliphatic carbocycles. The van der Waals surface area contributed by atoms with Gasteiger partial charge in [-0.25, -0.2) is 0 Å². The molecule has 2 rings (SSSR count). The fourth-order valence-electron chi connectivity index (χ4n) is 1.99. The highest BCUT2D eigenvalue weighted by Crippen LogP contribution is 2.16. The summed E-state index contributed by atoms with van der Waals surface area (Å²) in [5.41, 5.74) is 0. The molecule has 1 aliphatic rings. The minimum atomic E-state index is 0.399. The summed E-state index contributed by atoms with van der Waals surface area (Å²) in [4.78, 5) is 4.16. The first-order valence-electron chi connectivity index (χ1n) is 5.92. The van der Waals surface area contributed by atoms with Crippen LogP contribution in [0.25, 0.3) is 0 Å². The van der Waals surface area contributed by atoms with Gasteiger partial charge in [0, 0.05) is 12.6 Å². The number of hydrogen-bond acceptors (Lipinski definition) is 5. The molecule has 1 aliphatic heterocycles. The van der Waals surface area contributed by atoms with E-state index >= 15 is 0 Å². The zero-order chi connectivity index (χ0) is 11.4. The molecule has 0 amide bonds. The summed E-state index contributed by atoms with van der Waals surface area (Å²) < 4.78 is 10.7. The van der Waals surface area contributed by atoms with Crippen LogP contribution < -0.4 is 5.32 Å². The molecule has 1 aromatic rings. The number of aromatic nitrogens is 2. The van der Waals surface area contributed by atoms with E-state index in [4.69, 9.17) is 9.26 Å². The maximum absolute atomic E-state index is 5.62. The molecule has 1 saturated heterocycles. The van der Waals surface area contributed by atoms with Crippen molar-refractivity contribution < 1.29 is 9.26 Å². The predicted molar refractivity (Wildman–Crippen MR) is 58.9 cm³/mol. The van der Waals surface area contributed by atoms with Crippen molar-refractivity contribution in [2.75, 3.05) is 6.61 Å². The van der Waals surface area contributed by atoms with E-state index in [9.17, 15) is 0 Å². The van der Waals surface area contributed by atoms with Crippen LogP contribution in [0.3, 0.4) is 0 Å². The molecule has 16 heavy (non-hydrogen) atoms. The van der Waals surface area contributed by atoms with Crippen molar-refractivity contribution in [3.63, 3.8) is 0 Å². The third-order valence-corrected chi connectivity index (χ3v) is 2.93. The van der Waals surface area contributed by atoms with Crippen LogP contribution in [-0.4, -0.2) is 28.9 Å². The van der Waals surface area contributed by atoms with Crippen molar-refractivity contribution in [3.8, 4) is 0 Å². The molecule has 1 N–H and O–H groups in total. The molecule has 0 spiro atoms. The van der Waals surface area contributed by atoms with Gasteiger partial charge in [0.05, 0.1) is 12.6 Å². The number of ether oxygens (including phenoxy) is 1. The number of aryl methyl sites for hydroxylation is 1. The molecule has 0 bridgehead atoms. The van der Waals surface area contributed by atoms with Gasteiger partial charge in [0.15, 0.2) is 5.82 Å². The Labute approximate surface area is 95.6 Å². The van der Waals surface area contributed by atoms with Crippen molar-refractivity contribution in [1.82, 2.24) is 15.5 Å². The molecule has 0 radical (unpaired) electrons. The van der Waals surface area contributed by atoms with Gasteiger partial charge in [-0.2, -0.15) is 4.98 Å². The zero-order valence-electron chi connectivity index (χ0n) is 9.90. The third kappa shape index (κ3) is 3.02. The molecule has 1 fully saturated rings. The lowest BCUT2D eigenvalue weighted by atomic mass is 10.0. The van der Waals surface area contributed by atoms with Crippen LogP contribution >= 0.6 is 0 Å². The SMILES string of the molecule is CCC1CC(NCc2nc(C)no2)CCO1. The van der Waals surface area contributed by atoms with Crippen LogP contribution in [0.15, 0.2) is 4.52 Å². The summed E-state index contributed by atoms with van der Waals surface area (Å²) >= 11 is 0. The standard InChI is InChI=1S/C11H19N3O2/c1-3-10-6-9(4-5-15-10)12-7-11-13-8(2)14-16-11/h9-10,12H,3-7H2,1-2H3. The van der Waals surface area contributed by atoms with Gasteiger partial charge in [0.25, 0.3) is 0 Å². The molecule has 0 aromatic carbocycles. The minimum Gasteiger partial charge on any atom is -0.378 e. The molecule has 2 atom stereocenters. The number of nitrogens with zero attached hydrogens (tertiary/aromatic N) is 2. The summed E-state index contributed by atoms with van der Waals surface area (Å²) in [6.07, 6.45) is 3.61. The van der Waals surface area contributed by atoms with Crippen LogP contribution in [-0.2, 0) is 11.3 Å². The average Bonchev–Trinajstić information content (AvgIpc) is 2.73. The average molecular weight is 225 g/mol. The van der Waals surface area contributed by atoms with Crippen LogP contribution in [0, 0.1) is 6.92 Å². The second-order valence-electron chi connectivity index (χ2n) is 4.24. The summed E-state index contributed by atoms with van der Waals surface area (Å²) in [5, 5.41) is 7.20. The zero-order valence-corrected chi connectivity index (χ0v) is 9.90. The smallest absolute Gasteiger partial charge is 0.240 e. The Kier molecular flexibility index (Phi) is 3.90. The maximum atomic E-state index is 5.62. The first-order valence-corrected chi connectivity index (χ1v) is 5.92. The minimum absolute atomic E-state index is 0.399. The van der Waals surface area contributed by atoms with E-state index in [2.05, 4.69) is 22.4 Å². The largest absolute Gasteiger partial charge is 0.378 e. The Morgan fingerprint density at radius 1 is 1.50 bits per heavy atom. The summed E-state index contributed by atoms with van der Waals surface area (Å²) in [6.45, 7) is 5.49. The highest BCUT2D eigenvalue weighted by molar-refractivity contribution is 4.84. The van der Waals surface area contributed by atoms with Crippen LogP contribution in [0.4, 0.5) is 0 Å². The Morgan fingerprint density at radius 3 is 3.06 bits per heavy atom. The fraction of sp³-hybridized carbons (Fsp3) is 0.818. The molecule has 2 unspecified atom stereocenters. The maximum Gasteiger partial charge on any atom is 0.240 e. The third-order valence-electron chi connectivity index (χ3n) is 2.93. The lowest BCUT2D eigenvalue weighted by Gasteiger charge is -2.29. The van der Waals surface area contributed by atoms with E-state index in [-0.39, 0.29) is 0 Å². The van der Waals surface area contributed by atoms with Crippen molar-refractivity contribution >= 4 is 0 Å². The highest BCUT2D eigenvalue weighted by atomic mass is 16.5. The number of hydrogen-bond donors (Lipinski definition) is 1. The summed E-state index contributed by atoms with van der Waals surface area (Å²) in [5.74, 6) is 1.35. The summed E-state index contributed by atoms with van der Waals surface area (Å²) in [7, 11) is 0. The number of rotatable bonds is 4. The molecule has 2 heterocycles.